The van der Waals surface area contributed by atoms with E-state index in [1.165, 1.54) is 0 Å². The Morgan fingerprint density at radius 2 is 1.67 bits per heavy atom. The summed E-state index contributed by atoms with van der Waals surface area (Å²) in [6.45, 7) is 1.14. The van der Waals surface area contributed by atoms with Crippen molar-refractivity contribution in [1.82, 2.24) is 0 Å². The molecule has 1 saturated heterocycles. The number of carboxylic acid groups (broad SMARTS) is 1. The summed E-state index contributed by atoms with van der Waals surface area (Å²) in [5, 5.41) is 41.0. The molecular formula is C12H21N3O9. The first-order valence-corrected chi connectivity index (χ1v) is 7.19. The number of hydrogen-bond acceptors (Lipinski definition) is 9. The minimum Gasteiger partial charge on any atom is -0.479 e. The molecule has 1 aliphatic rings. The molecule has 12 heteroatoms. The van der Waals surface area contributed by atoms with E-state index < -0.39 is 36.7 Å². The van der Waals surface area contributed by atoms with Crippen LogP contribution in [0.2, 0.25) is 0 Å². The number of carboxylic acids is 1. The van der Waals surface area contributed by atoms with Crippen molar-refractivity contribution in [2.24, 2.45) is 5.11 Å². The van der Waals surface area contributed by atoms with Crippen LogP contribution in [0.25, 0.3) is 10.4 Å². The first-order valence-electron chi connectivity index (χ1n) is 7.19. The molecule has 5 atom stereocenters. The fourth-order valence-corrected chi connectivity index (χ4v) is 1.89. The topological polar surface area (TPSA) is 184 Å². The van der Waals surface area contributed by atoms with E-state index in [9.17, 15) is 20.1 Å². The van der Waals surface area contributed by atoms with Gasteiger partial charge in [-0.3, -0.25) is 0 Å². The molecule has 0 saturated carbocycles. The summed E-state index contributed by atoms with van der Waals surface area (Å²) in [4.78, 5) is 13.5. The Morgan fingerprint density at radius 1 is 1.04 bits per heavy atom. The monoisotopic (exact) mass is 351 g/mol. The van der Waals surface area contributed by atoms with E-state index in [-0.39, 0.29) is 39.6 Å². The minimum atomic E-state index is -1.75. The van der Waals surface area contributed by atoms with Crippen LogP contribution in [-0.2, 0) is 23.7 Å². The van der Waals surface area contributed by atoms with Gasteiger partial charge in [0.15, 0.2) is 12.4 Å². The van der Waals surface area contributed by atoms with Crippen molar-refractivity contribution in [2.45, 2.75) is 30.7 Å². The van der Waals surface area contributed by atoms with E-state index in [2.05, 4.69) is 10.0 Å². The molecule has 12 nitrogen and oxygen atoms in total. The van der Waals surface area contributed by atoms with E-state index in [0.29, 0.717) is 0 Å². The summed E-state index contributed by atoms with van der Waals surface area (Å²) in [6, 6.07) is 0. The van der Waals surface area contributed by atoms with Crippen LogP contribution in [0.15, 0.2) is 5.11 Å². The maximum atomic E-state index is 10.9. The smallest absolute Gasteiger partial charge is 0.335 e. The van der Waals surface area contributed by atoms with Gasteiger partial charge in [0.25, 0.3) is 0 Å². The van der Waals surface area contributed by atoms with Gasteiger partial charge in [-0.1, -0.05) is 5.11 Å². The fraction of sp³-hybridized carbons (Fsp3) is 0.917. The molecule has 1 heterocycles. The number of carbonyl (C=O) groups is 1. The van der Waals surface area contributed by atoms with Gasteiger partial charge in [0.05, 0.1) is 33.0 Å². The van der Waals surface area contributed by atoms with Crippen molar-refractivity contribution < 1.29 is 44.2 Å². The van der Waals surface area contributed by atoms with Crippen LogP contribution in [0.5, 0.6) is 0 Å². The van der Waals surface area contributed by atoms with Gasteiger partial charge in [-0.15, -0.1) is 0 Å². The zero-order valence-electron chi connectivity index (χ0n) is 12.8. The summed E-state index contributed by atoms with van der Waals surface area (Å²) < 4.78 is 20.3. The van der Waals surface area contributed by atoms with E-state index in [0.717, 1.165) is 0 Å². The van der Waals surface area contributed by atoms with Crippen LogP contribution < -0.4 is 0 Å². The summed E-state index contributed by atoms with van der Waals surface area (Å²) in [7, 11) is 0. The summed E-state index contributed by atoms with van der Waals surface area (Å²) in [5.41, 5.74) is 8.04. The van der Waals surface area contributed by atoms with E-state index in [1.807, 2.05) is 0 Å². The molecule has 0 radical (unpaired) electrons. The lowest BCUT2D eigenvalue weighted by molar-refractivity contribution is -0.295. The molecule has 138 valence electrons. The maximum absolute atomic E-state index is 10.9. The van der Waals surface area contributed by atoms with Crippen LogP contribution >= 0.6 is 0 Å². The van der Waals surface area contributed by atoms with Gasteiger partial charge in [0.1, 0.15) is 18.3 Å². The number of hydrogen-bond donors (Lipinski definition) is 4. The van der Waals surface area contributed by atoms with Crippen LogP contribution in [0, 0.1) is 0 Å². The lowest BCUT2D eigenvalue weighted by atomic mass is 9.99. The molecule has 24 heavy (non-hydrogen) atoms. The van der Waals surface area contributed by atoms with Crippen LogP contribution in [0.1, 0.15) is 0 Å². The molecule has 0 aromatic rings. The molecule has 0 spiro atoms. The van der Waals surface area contributed by atoms with Crippen molar-refractivity contribution in [1.29, 1.82) is 0 Å². The number of rotatable bonds is 11. The number of aliphatic hydroxyl groups excluding tert-OH is 3. The van der Waals surface area contributed by atoms with Crippen LogP contribution in [0.3, 0.4) is 0 Å². The number of azide groups is 1. The van der Waals surface area contributed by atoms with Gasteiger partial charge in [-0.05, 0) is 5.53 Å². The Hall–Kier alpha value is -1.50. The molecule has 0 aromatic carbocycles. The third-order valence-corrected chi connectivity index (χ3v) is 3.09. The average molecular weight is 351 g/mol. The van der Waals surface area contributed by atoms with Crippen molar-refractivity contribution in [3.8, 4) is 0 Å². The molecule has 1 aliphatic heterocycles. The van der Waals surface area contributed by atoms with E-state index >= 15 is 0 Å². The molecule has 1 rings (SSSR count). The Labute approximate surface area is 137 Å². The average Bonchev–Trinajstić information content (AvgIpc) is 2.56. The Bertz CT molecular complexity index is 432. The van der Waals surface area contributed by atoms with Crippen molar-refractivity contribution >= 4 is 5.97 Å². The fourth-order valence-electron chi connectivity index (χ4n) is 1.89. The van der Waals surface area contributed by atoms with Crippen molar-refractivity contribution in [3.63, 3.8) is 0 Å². The van der Waals surface area contributed by atoms with Gasteiger partial charge in [-0.2, -0.15) is 0 Å². The van der Waals surface area contributed by atoms with Crippen LogP contribution in [-0.4, -0.2) is 96.7 Å². The second kappa shape index (κ2) is 11.1. The molecule has 0 aromatic heterocycles. The summed E-state index contributed by atoms with van der Waals surface area (Å²) in [6.07, 6.45) is -8.13. The first kappa shape index (κ1) is 20.5. The predicted octanol–water partition coefficient (Wildman–Crippen LogP) is -1.76. The molecule has 1 fully saturated rings. The van der Waals surface area contributed by atoms with Crippen molar-refractivity contribution in [3.05, 3.63) is 10.4 Å². The lowest BCUT2D eigenvalue weighted by Gasteiger charge is -2.38. The standard InChI is InChI=1S/C12H21N3O9/c13-15-14-1-2-21-3-4-22-5-6-23-12-9(18)7(16)8(17)10(24-12)11(19)20/h7-10,12,16-18H,1-6H2,(H,19,20). The molecule has 0 amide bonds. The highest BCUT2D eigenvalue weighted by molar-refractivity contribution is 5.73. The number of aliphatic carboxylic acids is 1. The van der Waals surface area contributed by atoms with Gasteiger partial charge < -0.3 is 39.4 Å². The third-order valence-electron chi connectivity index (χ3n) is 3.09. The maximum Gasteiger partial charge on any atom is 0.335 e. The quantitative estimate of drug-likeness (QED) is 0.145. The molecule has 5 unspecified atom stereocenters. The van der Waals surface area contributed by atoms with Gasteiger partial charge in [-0.25, -0.2) is 4.79 Å². The second-order valence-corrected chi connectivity index (χ2v) is 4.79. The molecular weight excluding hydrogens is 330 g/mol. The summed E-state index contributed by atoms with van der Waals surface area (Å²) in [5.74, 6) is -1.48. The van der Waals surface area contributed by atoms with Gasteiger partial charge in [0.2, 0.25) is 0 Å². The van der Waals surface area contributed by atoms with Gasteiger partial charge >= 0.3 is 5.97 Å². The lowest BCUT2D eigenvalue weighted by Crippen LogP contribution is -2.60. The largest absolute Gasteiger partial charge is 0.479 e. The first-order chi connectivity index (χ1) is 11.5. The van der Waals surface area contributed by atoms with Gasteiger partial charge in [0, 0.05) is 11.5 Å². The minimum absolute atomic E-state index is 0.0321. The van der Waals surface area contributed by atoms with E-state index in [4.69, 9.17) is 29.6 Å². The zero-order valence-corrected chi connectivity index (χ0v) is 12.8. The highest BCUT2D eigenvalue weighted by atomic mass is 16.7. The molecule has 4 N–H and O–H groups in total. The molecule has 0 bridgehead atoms. The third kappa shape index (κ3) is 6.55. The Kier molecular flexibility index (Phi) is 9.52. The zero-order chi connectivity index (χ0) is 17.9. The SMILES string of the molecule is [N-]=[N+]=NCCOCCOCCOC1OC(C(=O)O)C(O)C(O)C1O. The van der Waals surface area contributed by atoms with Crippen LogP contribution in [0.4, 0.5) is 0 Å². The number of nitrogens with zero attached hydrogens (tertiary/aromatic N) is 3. The number of ether oxygens (including phenoxy) is 4. The normalized spacial score (nSPS) is 29.9. The number of aliphatic hydroxyl groups is 3. The highest BCUT2D eigenvalue weighted by Crippen LogP contribution is 2.22. The Morgan fingerprint density at radius 3 is 2.29 bits per heavy atom. The van der Waals surface area contributed by atoms with Crippen molar-refractivity contribution in [2.75, 3.05) is 39.6 Å². The highest BCUT2D eigenvalue weighted by Gasteiger charge is 2.47. The second-order valence-electron chi connectivity index (χ2n) is 4.79. The van der Waals surface area contributed by atoms with E-state index in [1.54, 1.807) is 0 Å². The summed E-state index contributed by atoms with van der Waals surface area (Å²) >= 11 is 0. The Balaban J connectivity index is 2.17. The molecule has 0 aliphatic carbocycles. The predicted molar refractivity (Wildman–Crippen MR) is 75.9 cm³/mol.